The van der Waals surface area contributed by atoms with Gasteiger partial charge in [-0.15, -0.1) is 0 Å². The van der Waals surface area contributed by atoms with Crippen LogP contribution >= 0.6 is 0 Å². The van der Waals surface area contributed by atoms with Crippen LogP contribution in [0.5, 0.6) is 17.2 Å². The standard InChI is InChI=1S/C23H25NO4/c1-26-13-6-7-14-15(9-13)16-10-20(27-2)21(28-3)11-17(16)18-12-24-8-4-5-19(24)23(25)22(14)18/h6-7,9-11,19,23,25H,4-5,8,12H2,1-3H3/t19-,23+/m1/s1. The first-order valence-corrected chi connectivity index (χ1v) is 9.76. The molecule has 5 nitrogen and oxygen atoms in total. The topological polar surface area (TPSA) is 51.2 Å². The van der Waals surface area contributed by atoms with Crippen LogP contribution in [0.4, 0.5) is 0 Å². The van der Waals surface area contributed by atoms with E-state index in [4.69, 9.17) is 14.2 Å². The highest BCUT2D eigenvalue weighted by atomic mass is 16.5. The molecule has 0 aliphatic carbocycles. The Bertz CT molecular complexity index is 1080. The van der Waals surface area contributed by atoms with Crippen molar-refractivity contribution in [3.8, 4) is 17.2 Å². The maximum atomic E-state index is 11.3. The van der Waals surface area contributed by atoms with Crippen molar-refractivity contribution in [3.63, 3.8) is 0 Å². The van der Waals surface area contributed by atoms with Crippen LogP contribution in [0.1, 0.15) is 30.1 Å². The summed E-state index contributed by atoms with van der Waals surface area (Å²) in [5, 5.41) is 15.7. The minimum Gasteiger partial charge on any atom is -0.497 e. The SMILES string of the molecule is COc1ccc2c3c(c4cc(OC)c(OC)cc4c2c1)CN1CCC[C@@H]1[C@@H]3O. The van der Waals surface area contributed by atoms with Gasteiger partial charge in [0.2, 0.25) is 0 Å². The largest absolute Gasteiger partial charge is 0.497 e. The fourth-order valence-electron chi connectivity index (χ4n) is 5.08. The van der Waals surface area contributed by atoms with E-state index < -0.39 is 6.10 Å². The number of methoxy groups -OCH3 is 3. The Labute approximate surface area is 164 Å². The van der Waals surface area contributed by atoms with Gasteiger partial charge in [0.25, 0.3) is 0 Å². The molecule has 0 amide bonds. The lowest BCUT2D eigenvalue weighted by molar-refractivity contribution is 0.0552. The zero-order valence-electron chi connectivity index (χ0n) is 16.5. The lowest BCUT2D eigenvalue weighted by atomic mass is 9.83. The summed E-state index contributed by atoms with van der Waals surface area (Å²) >= 11 is 0. The minimum absolute atomic E-state index is 0.204. The van der Waals surface area contributed by atoms with Gasteiger partial charge in [-0.3, -0.25) is 4.90 Å². The second-order valence-corrected chi connectivity index (χ2v) is 7.68. The van der Waals surface area contributed by atoms with Gasteiger partial charge >= 0.3 is 0 Å². The molecule has 2 atom stereocenters. The molecule has 0 unspecified atom stereocenters. The number of aliphatic hydroxyl groups excluding tert-OH is 1. The minimum atomic E-state index is -0.486. The first kappa shape index (κ1) is 17.6. The summed E-state index contributed by atoms with van der Waals surface area (Å²) in [6, 6.07) is 10.4. The fraction of sp³-hybridized carbons (Fsp3) is 0.391. The average Bonchev–Trinajstić information content (AvgIpc) is 3.21. The van der Waals surface area contributed by atoms with E-state index in [1.54, 1.807) is 21.3 Å². The third-order valence-electron chi connectivity index (χ3n) is 6.42. The highest BCUT2D eigenvalue weighted by Gasteiger charge is 2.39. The predicted octanol–water partition coefficient (Wildman–Crippen LogP) is 4.03. The molecule has 3 aromatic carbocycles. The molecule has 0 bridgehead atoms. The van der Waals surface area contributed by atoms with Gasteiger partial charge in [0.05, 0.1) is 27.4 Å². The summed E-state index contributed by atoms with van der Waals surface area (Å²) in [5.41, 5.74) is 2.25. The second kappa shape index (κ2) is 6.54. The molecule has 0 saturated carbocycles. The molecule has 5 heteroatoms. The van der Waals surface area contributed by atoms with Gasteiger partial charge in [0.1, 0.15) is 5.75 Å². The molecule has 146 valence electrons. The molecule has 1 saturated heterocycles. The van der Waals surface area contributed by atoms with Gasteiger partial charge in [0.15, 0.2) is 11.5 Å². The maximum absolute atomic E-state index is 11.3. The molecule has 1 fully saturated rings. The predicted molar refractivity (Wildman–Crippen MR) is 110 cm³/mol. The van der Waals surface area contributed by atoms with Crippen LogP contribution in [0.3, 0.4) is 0 Å². The first-order chi connectivity index (χ1) is 13.7. The average molecular weight is 379 g/mol. The summed E-state index contributed by atoms with van der Waals surface area (Å²) in [5.74, 6) is 2.21. The number of hydrogen-bond donors (Lipinski definition) is 1. The van der Waals surface area contributed by atoms with Crippen LogP contribution in [0.2, 0.25) is 0 Å². The van der Waals surface area contributed by atoms with Crippen molar-refractivity contribution in [2.24, 2.45) is 0 Å². The van der Waals surface area contributed by atoms with Crippen LogP contribution in [0.15, 0.2) is 30.3 Å². The van der Waals surface area contributed by atoms with Crippen LogP contribution in [-0.2, 0) is 6.54 Å². The molecule has 0 spiro atoms. The Morgan fingerprint density at radius 2 is 1.61 bits per heavy atom. The smallest absolute Gasteiger partial charge is 0.161 e. The molecule has 28 heavy (non-hydrogen) atoms. The van der Waals surface area contributed by atoms with Crippen LogP contribution < -0.4 is 14.2 Å². The van der Waals surface area contributed by atoms with E-state index in [1.165, 1.54) is 5.56 Å². The summed E-state index contributed by atoms with van der Waals surface area (Å²) in [4.78, 5) is 2.42. The number of nitrogens with zero attached hydrogens (tertiary/aromatic N) is 1. The van der Waals surface area contributed by atoms with E-state index in [0.717, 1.165) is 58.8 Å². The Morgan fingerprint density at radius 3 is 2.32 bits per heavy atom. The Balaban J connectivity index is 1.91. The third-order valence-corrected chi connectivity index (χ3v) is 6.42. The van der Waals surface area contributed by atoms with Gasteiger partial charge in [-0.05, 0) is 76.3 Å². The number of fused-ring (bicyclic) bond motifs is 7. The van der Waals surface area contributed by atoms with Gasteiger partial charge in [-0.1, -0.05) is 6.07 Å². The summed E-state index contributed by atoms with van der Waals surface area (Å²) in [6.07, 6.45) is 1.69. The van der Waals surface area contributed by atoms with Crippen molar-refractivity contribution in [2.45, 2.75) is 31.5 Å². The van der Waals surface area contributed by atoms with Gasteiger partial charge in [0, 0.05) is 12.6 Å². The Hall–Kier alpha value is -2.50. The number of benzene rings is 3. The molecule has 0 aromatic heterocycles. The van der Waals surface area contributed by atoms with E-state index in [9.17, 15) is 5.11 Å². The highest BCUT2D eigenvalue weighted by Crippen LogP contribution is 2.47. The molecule has 2 aliphatic heterocycles. The van der Waals surface area contributed by atoms with Crippen molar-refractivity contribution in [3.05, 3.63) is 41.5 Å². The molecule has 1 N–H and O–H groups in total. The van der Waals surface area contributed by atoms with E-state index in [1.807, 2.05) is 12.1 Å². The van der Waals surface area contributed by atoms with Crippen LogP contribution in [-0.4, -0.2) is 43.9 Å². The zero-order chi connectivity index (χ0) is 19.4. The van der Waals surface area contributed by atoms with Crippen molar-refractivity contribution in [1.29, 1.82) is 0 Å². The number of aliphatic hydroxyl groups is 1. The normalized spacial score (nSPS) is 21.6. The Kier molecular flexibility index (Phi) is 4.11. The zero-order valence-corrected chi connectivity index (χ0v) is 16.5. The summed E-state index contributed by atoms with van der Waals surface area (Å²) in [7, 11) is 4.99. The first-order valence-electron chi connectivity index (χ1n) is 9.76. The monoisotopic (exact) mass is 379 g/mol. The molecular weight excluding hydrogens is 354 g/mol. The van der Waals surface area contributed by atoms with Crippen LogP contribution in [0.25, 0.3) is 21.5 Å². The Morgan fingerprint density at radius 1 is 0.893 bits per heavy atom. The van der Waals surface area contributed by atoms with E-state index >= 15 is 0 Å². The van der Waals surface area contributed by atoms with Gasteiger partial charge in [-0.25, -0.2) is 0 Å². The van der Waals surface area contributed by atoms with Gasteiger partial charge in [-0.2, -0.15) is 0 Å². The van der Waals surface area contributed by atoms with Crippen molar-refractivity contribution >= 4 is 21.5 Å². The molecule has 2 heterocycles. The van der Waals surface area contributed by atoms with Crippen LogP contribution in [0, 0.1) is 0 Å². The molecule has 3 aromatic rings. The fourth-order valence-corrected chi connectivity index (χ4v) is 5.08. The van der Waals surface area contributed by atoms with E-state index in [2.05, 4.69) is 23.1 Å². The molecule has 2 aliphatic rings. The number of hydrogen-bond acceptors (Lipinski definition) is 5. The maximum Gasteiger partial charge on any atom is 0.161 e. The summed E-state index contributed by atoms with van der Waals surface area (Å²) < 4.78 is 16.6. The van der Waals surface area contributed by atoms with E-state index in [0.29, 0.717) is 11.5 Å². The number of rotatable bonds is 3. The highest BCUT2D eigenvalue weighted by molar-refractivity contribution is 6.12. The summed E-state index contributed by atoms with van der Waals surface area (Å²) in [6.45, 7) is 1.89. The van der Waals surface area contributed by atoms with Crippen molar-refractivity contribution in [2.75, 3.05) is 27.9 Å². The van der Waals surface area contributed by atoms with Crippen molar-refractivity contribution < 1.29 is 19.3 Å². The van der Waals surface area contributed by atoms with Crippen molar-refractivity contribution in [1.82, 2.24) is 4.90 Å². The lowest BCUT2D eigenvalue weighted by Gasteiger charge is -2.37. The van der Waals surface area contributed by atoms with E-state index in [-0.39, 0.29) is 6.04 Å². The molecule has 0 radical (unpaired) electrons. The molecular formula is C23H25NO4. The lowest BCUT2D eigenvalue weighted by Crippen LogP contribution is -2.39. The number of ether oxygens (including phenoxy) is 3. The quantitative estimate of drug-likeness (QED) is 0.697. The molecule has 5 rings (SSSR count). The van der Waals surface area contributed by atoms with Gasteiger partial charge < -0.3 is 19.3 Å². The third kappa shape index (κ3) is 2.39. The second-order valence-electron chi connectivity index (χ2n) is 7.68.